The van der Waals surface area contributed by atoms with Crippen molar-refractivity contribution in [2.24, 2.45) is 0 Å². The summed E-state index contributed by atoms with van der Waals surface area (Å²) >= 11 is 0. The van der Waals surface area contributed by atoms with Crippen LogP contribution in [0.3, 0.4) is 0 Å². The van der Waals surface area contributed by atoms with Crippen molar-refractivity contribution < 1.29 is 13.3 Å². The van der Waals surface area contributed by atoms with E-state index in [2.05, 4.69) is 5.10 Å². The van der Waals surface area contributed by atoms with E-state index in [9.17, 15) is 18.5 Å². The molecule has 106 valence electrons. The quantitative estimate of drug-likeness (QED) is 0.489. The molecule has 0 N–H and O–H groups in total. The normalized spacial score (nSPS) is 11.5. The molecule has 0 aliphatic carbocycles. The fourth-order valence-corrected chi connectivity index (χ4v) is 2.68. The molecule has 0 saturated carbocycles. The number of benzene rings is 1. The molecular formula is C11H10ClN3O4S. The van der Waals surface area contributed by atoms with Crippen molar-refractivity contribution >= 4 is 25.6 Å². The molecule has 0 atom stereocenters. The van der Waals surface area contributed by atoms with Gasteiger partial charge >= 0.3 is 5.82 Å². The van der Waals surface area contributed by atoms with Gasteiger partial charge in [-0.05, 0) is 17.4 Å². The van der Waals surface area contributed by atoms with Crippen molar-refractivity contribution in [1.82, 2.24) is 9.78 Å². The van der Waals surface area contributed by atoms with Crippen LogP contribution in [-0.4, -0.2) is 23.1 Å². The molecule has 9 heteroatoms. The summed E-state index contributed by atoms with van der Waals surface area (Å²) in [5.74, 6) is -0.771. The summed E-state index contributed by atoms with van der Waals surface area (Å²) < 4.78 is 23.8. The van der Waals surface area contributed by atoms with Gasteiger partial charge in [0.15, 0.2) is 0 Å². The molecule has 0 radical (unpaired) electrons. The molecule has 0 aliphatic heterocycles. The molecule has 0 aliphatic rings. The molecule has 0 unspecified atom stereocenters. The van der Waals surface area contributed by atoms with Crippen LogP contribution < -0.4 is 0 Å². The lowest BCUT2D eigenvalue weighted by Crippen LogP contribution is -2.01. The maximum absolute atomic E-state index is 11.3. The predicted octanol–water partition coefficient (Wildman–Crippen LogP) is 2.08. The third kappa shape index (κ3) is 3.14. The van der Waals surface area contributed by atoms with Crippen molar-refractivity contribution in [3.8, 4) is 0 Å². The Balaban J connectivity index is 2.42. The van der Waals surface area contributed by atoms with E-state index in [-0.39, 0.29) is 6.54 Å². The summed E-state index contributed by atoms with van der Waals surface area (Å²) in [4.78, 5) is 9.32. The smallest absolute Gasteiger partial charge is 0.358 e. The molecule has 1 aromatic heterocycles. The van der Waals surface area contributed by atoms with Gasteiger partial charge in [0.25, 0.3) is 9.05 Å². The van der Waals surface area contributed by atoms with Crippen LogP contribution in [0.2, 0.25) is 0 Å². The van der Waals surface area contributed by atoms with Crippen LogP contribution in [0.15, 0.2) is 35.4 Å². The lowest BCUT2D eigenvalue weighted by atomic mass is 10.1. The van der Waals surface area contributed by atoms with Gasteiger partial charge in [0.05, 0.1) is 17.8 Å². The van der Waals surface area contributed by atoms with Crippen molar-refractivity contribution in [2.45, 2.75) is 18.4 Å². The van der Waals surface area contributed by atoms with Crippen LogP contribution in [-0.2, 0) is 15.6 Å². The average molecular weight is 316 g/mol. The zero-order valence-corrected chi connectivity index (χ0v) is 11.9. The molecule has 0 spiro atoms. The number of hydrogen-bond donors (Lipinski definition) is 0. The number of rotatable bonds is 4. The predicted molar refractivity (Wildman–Crippen MR) is 72.2 cm³/mol. The van der Waals surface area contributed by atoms with Gasteiger partial charge in [-0.3, -0.25) is 0 Å². The summed E-state index contributed by atoms with van der Waals surface area (Å²) in [6.07, 6.45) is 1.06. The summed E-state index contributed by atoms with van der Waals surface area (Å²) in [6, 6.07) is 7.43. The van der Waals surface area contributed by atoms with E-state index in [0.29, 0.717) is 0 Å². The number of halogens is 1. The van der Waals surface area contributed by atoms with E-state index in [1.807, 2.05) is 31.2 Å². The van der Waals surface area contributed by atoms with Gasteiger partial charge in [-0.25, -0.2) is 8.42 Å². The Morgan fingerprint density at radius 3 is 2.65 bits per heavy atom. The second-order valence-electron chi connectivity index (χ2n) is 4.20. The largest absolute Gasteiger partial charge is 0.410 e. The van der Waals surface area contributed by atoms with Crippen LogP contribution in [0, 0.1) is 17.0 Å². The van der Waals surface area contributed by atoms with Gasteiger partial charge in [-0.15, -0.1) is 0 Å². The lowest BCUT2D eigenvalue weighted by molar-refractivity contribution is -0.392. The molecule has 2 aromatic rings. The Morgan fingerprint density at radius 2 is 2.15 bits per heavy atom. The van der Waals surface area contributed by atoms with Gasteiger partial charge in [-0.1, -0.05) is 29.8 Å². The second-order valence-corrected chi connectivity index (χ2v) is 6.73. The first-order valence-corrected chi connectivity index (χ1v) is 7.80. The fourth-order valence-electron chi connectivity index (χ4n) is 1.77. The summed E-state index contributed by atoms with van der Waals surface area (Å²) in [7, 11) is 0.953. The van der Waals surface area contributed by atoms with Crippen LogP contribution in [0.1, 0.15) is 11.1 Å². The maximum Gasteiger partial charge on any atom is 0.410 e. The third-order valence-corrected chi connectivity index (χ3v) is 3.88. The fraction of sp³-hybridized carbons (Fsp3) is 0.182. The van der Waals surface area contributed by atoms with E-state index < -0.39 is 24.7 Å². The molecule has 1 aromatic carbocycles. The molecular weight excluding hydrogens is 306 g/mol. The van der Waals surface area contributed by atoms with Gasteiger partial charge in [0.2, 0.25) is 4.90 Å². The highest BCUT2D eigenvalue weighted by Gasteiger charge is 2.29. The van der Waals surface area contributed by atoms with E-state index in [4.69, 9.17) is 10.7 Å². The van der Waals surface area contributed by atoms with E-state index in [1.54, 1.807) is 0 Å². The first-order valence-electron chi connectivity index (χ1n) is 5.49. The van der Waals surface area contributed by atoms with Crippen LogP contribution in [0.5, 0.6) is 0 Å². The monoisotopic (exact) mass is 315 g/mol. The minimum Gasteiger partial charge on any atom is -0.358 e. The van der Waals surface area contributed by atoms with Crippen molar-refractivity contribution in [3.63, 3.8) is 0 Å². The first-order chi connectivity index (χ1) is 9.27. The zero-order chi connectivity index (χ0) is 14.9. The van der Waals surface area contributed by atoms with E-state index in [0.717, 1.165) is 17.3 Å². The van der Waals surface area contributed by atoms with Crippen molar-refractivity contribution in [3.05, 3.63) is 51.7 Å². The Labute approximate surface area is 119 Å². The number of hydrogen-bond acceptors (Lipinski definition) is 5. The number of nitro groups is 1. The van der Waals surface area contributed by atoms with E-state index >= 15 is 0 Å². The maximum atomic E-state index is 11.3. The number of nitrogens with zero attached hydrogens (tertiary/aromatic N) is 3. The summed E-state index contributed by atoms with van der Waals surface area (Å²) in [5, 5.41) is 14.5. The van der Waals surface area contributed by atoms with Gasteiger partial charge in [0, 0.05) is 10.7 Å². The van der Waals surface area contributed by atoms with Gasteiger partial charge in [0.1, 0.15) is 0 Å². The second kappa shape index (κ2) is 5.22. The molecule has 0 amide bonds. The highest BCUT2D eigenvalue weighted by molar-refractivity contribution is 8.13. The Hall–Kier alpha value is -1.93. The molecule has 7 nitrogen and oxygen atoms in total. The number of aryl methyl sites for hydroxylation is 1. The minimum absolute atomic E-state index is 0.217. The first kappa shape index (κ1) is 14.5. The van der Waals surface area contributed by atoms with E-state index in [1.165, 1.54) is 4.68 Å². The van der Waals surface area contributed by atoms with Crippen LogP contribution in [0.4, 0.5) is 5.82 Å². The molecule has 0 bridgehead atoms. The Bertz CT molecular complexity index is 770. The Kier molecular flexibility index (Phi) is 3.78. The summed E-state index contributed by atoms with van der Waals surface area (Å²) in [5.41, 5.74) is 1.87. The molecule has 2 rings (SSSR count). The van der Waals surface area contributed by atoms with Crippen LogP contribution >= 0.6 is 10.7 Å². The minimum atomic E-state index is -4.21. The molecule has 20 heavy (non-hydrogen) atoms. The SMILES string of the molecule is Cc1cccc(Cn2cc(S(=O)(=O)Cl)c([N+](=O)[O-])n2)c1. The lowest BCUT2D eigenvalue weighted by Gasteiger charge is -1.99. The number of aromatic nitrogens is 2. The molecule has 0 fully saturated rings. The standard InChI is InChI=1S/C11H10ClN3O4S/c1-8-3-2-4-9(5-8)6-14-7-10(20(12,18)19)11(13-14)15(16)17/h2-5,7H,6H2,1H3. The van der Waals surface area contributed by atoms with Gasteiger partial charge in [-0.2, -0.15) is 4.68 Å². The topological polar surface area (TPSA) is 95.1 Å². The zero-order valence-electron chi connectivity index (χ0n) is 10.4. The molecule has 0 saturated heterocycles. The van der Waals surface area contributed by atoms with Crippen LogP contribution in [0.25, 0.3) is 0 Å². The summed E-state index contributed by atoms with van der Waals surface area (Å²) in [6.45, 7) is 2.12. The Morgan fingerprint density at radius 1 is 1.45 bits per heavy atom. The average Bonchev–Trinajstić information content (AvgIpc) is 2.73. The highest BCUT2D eigenvalue weighted by atomic mass is 35.7. The third-order valence-electron chi connectivity index (χ3n) is 2.57. The molecule has 1 heterocycles. The van der Waals surface area contributed by atoms with Crippen molar-refractivity contribution in [1.29, 1.82) is 0 Å². The van der Waals surface area contributed by atoms with Crippen molar-refractivity contribution in [2.75, 3.05) is 0 Å². The van der Waals surface area contributed by atoms with Gasteiger partial charge < -0.3 is 10.1 Å². The highest BCUT2D eigenvalue weighted by Crippen LogP contribution is 2.25.